The summed E-state index contributed by atoms with van der Waals surface area (Å²) in [6, 6.07) is 4.46. The van der Waals surface area contributed by atoms with Crippen molar-refractivity contribution in [3.05, 3.63) is 40.0 Å². The monoisotopic (exact) mass is 275 g/mol. The number of aryl methyl sites for hydroxylation is 1. The van der Waals surface area contributed by atoms with Gasteiger partial charge in [-0.05, 0) is 6.07 Å². The van der Waals surface area contributed by atoms with Crippen LogP contribution in [0.15, 0.2) is 27.1 Å². The zero-order valence-corrected chi connectivity index (χ0v) is 10.4. The molecule has 0 aliphatic rings. The Morgan fingerprint density at radius 3 is 2.95 bits per heavy atom. The highest BCUT2D eigenvalue weighted by Gasteiger charge is 2.12. The van der Waals surface area contributed by atoms with Crippen molar-refractivity contribution < 1.29 is 13.9 Å². The molecule has 0 atom stereocenters. The molecule has 3 rings (SSSR count). The number of nitrogens with one attached hydrogen (secondary N) is 1. The first-order valence-electron chi connectivity index (χ1n) is 5.70. The minimum atomic E-state index is -0.489. The Balaban J connectivity index is 1.80. The van der Waals surface area contributed by atoms with Gasteiger partial charge in [-0.3, -0.25) is 10.1 Å². The van der Waals surface area contributed by atoms with E-state index in [0.29, 0.717) is 22.8 Å². The highest BCUT2D eigenvalue weighted by atomic mass is 16.6. The average Bonchev–Trinajstić information content (AvgIpc) is 3.00. The van der Waals surface area contributed by atoms with E-state index in [1.54, 1.807) is 6.92 Å². The van der Waals surface area contributed by atoms with Gasteiger partial charge in [-0.1, -0.05) is 5.16 Å². The van der Waals surface area contributed by atoms with Gasteiger partial charge < -0.3 is 14.3 Å². The average molecular weight is 275 g/mol. The molecule has 3 aromatic rings. The summed E-state index contributed by atoms with van der Waals surface area (Å²) in [5, 5.41) is 17.3. The minimum Gasteiger partial charge on any atom is -0.423 e. The molecule has 1 aromatic carbocycles. The molecule has 2 aromatic heterocycles. The van der Waals surface area contributed by atoms with Crippen LogP contribution in [-0.4, -0.2) is 20.0 Å². The van der Waals surface area contributed by atoms with Crippen molar-refractivity contribution in [3.63, 3.8) is 0 Å². The van der Waals surface area contributed by atoms with Crippen molar-refractivity contribution in [2.45, 2.75) is 13.5 Å². The van der Waals surface area contributed by atoms with Crippen LogP contribution in [-0.2, 0) is 6.54 Å². The van der Waals surface area contributed by atoms with Crippen LogP contribution in [0.5, 0.6) is 0 Å². The third kappa shape index (κ3) is 2.28. The van der Waals surface area contributed by atoms with Gasteiger partial charge in [0.15, 0.2) is 11.4 Å². The molecular formula is C11H9N5O4. The summed E-state index contributed by atoms with van der Waals surface area (Å²) >= 11 is 0. The van der Waals surface area contributed by atoms with E-state index < -0.39 is 4.92 Å². The predicted octanol–water partition coefficient (Wildman–Crippen LogP) is 2.04. The molecule has 0 radical (unpaired) electrons. The van der Waals surface area contributed by atoms with E-state index in [1.165, 1.54) is 18.2 Å². The molecule has 20 heavy (non-hydrogen) atoms. The topological polar surface area (TPSA) is 120 Å². The summed E-state index contributed by atoms with van der Waals surface area (Å²) in [4.78, 5) is 18.3. The molecule has 102 valence electrons. The van der Waals surface area contributed by atoms with Gasteiger partial charge in [-0.2, -0.15) is 9.97 Å². The number of oxazole rings is 1. The van der Waals surface area contributed by atoms with E-state index in [-0.39, 0.29) is 18.2 Å². The summed E-state index contributed by atoms with van der Waals surface area (Å²) in [7, 11) is 0. The molecule has 0 saturated carbocycles. The summed E-state index contributed by atoms with van der Waals surface area (Å²) < 4.78 is 10.2. The second-order valence-corrected chi connectivity index (χ2v) is 4.01. The lowest BCUT2D eigenvalue weighted by Crippen LogP contribution is -2.01. The van der Waals surface area contributed by atoms with Crippen molar-refractivity contribution in [1.29, 1.82) is 0 Å². The maximum Gasteiger partial charge on any atom is 0.296 e. The molecular weight excluding hydrogens is 266 g/mol. The molecule has 2 heterocycles. The number of rotatable bonds is 4. The molecule has 0 saturated heterocycles. The van der Waals surface area contributed by atoms with Crippen LogP contribution >= 0.6 is 0 Å². The molecule has 9 heteroatoms. The maximum atomic E-state index is 10.7. The van der Waals surface area contributed by atoms with Gasteiger partial charge in [0, 0.05) is 13.0 Å². The van der Waals surface area contributed by atoms with E-state index in [4.69, 9.17) is 8.94 Å². The Kier molecular flexibility index (Phi) is 2.78. The van der Waals surface area contributed by atoms with Crippen molar-refractivity contribution in [1.82, 2.24) is 15.1 Å². The van der Waals surface area contributed by atoms with Gasteiger partial charge in [-0.15, -0.1) is 0 Å². The van der Waals surface area contributed by atoms with Gasteiger partial charge in [0.25, 0.3) is 11.7 Å². The zero-order chi connectivity index (χ0) is 14.1. The van der Waals surface area contributed by atoms with Gasteiger partial charge >= 0.3 is 0 Å². The molecule has 9 nitrogen and oxygen atoms in total. The summed E-state index contributed by atoms with van der Waals surface area (Å²) in [5.41, 5.74) is 0.822. The Labute approximate surface area is 111 Å². The lowest BCUT2D eigenvalue weighted by Gasteiger charge is -1.94. The lowest BCUT2D eigenvalue weighted by atomic mass is 10.3. The number of fused-ring (bicyclic) bond motifs is 1. The fourth-order valence-corrected chi connectivity index (χ4v) is 1.67. The number of nitro groups is 1. The largest absolute Gasteiger partial charge is 0.423 e. The molecule has 1 N–H and O–H groups in total. The number of non-ortho nitro benzene ring substituents is 1. The van der Waals surface area contributed by atoms with Gasteiger partial charge in [0.2, 0.25) is 5.89 Å². The van der Waals surface area contributed by atoms with Crippen LogP contribution < -0.4 is 5.32 Å². The first kappa shape index (κ1) is 12.1. The van der Waals surface area contributed by atoms with E-state index in [9.17, 15) is 10.1 Å². The summed E-state index contributed by atoms with van der Waals surface area (Å²) in [5.74, 6) is 0.936. The van der Waals surface area contributed by atoms with Crippen molar-refractivity contribution in [2.75, 3.05) is 5.32 Å². The van der Waals surface area contributed by atoms with Crippen molar-refractivity contribution in [2.24, 2.45) is 0 Å². The van der Waals surface area contributed by atoms with Crippen LogP contribution in [0, 0.1) is 17.0 Å². The Morgan fingerprint density at radius 2 is 2.25 bits per heavy atom. The number of hydrogen-bond donors (Lipinski definition) is 1. The second kappa shape index (κ2) is 4.61. The Hall–Kier alpha value is -2.97. The number of benzene rings is 1. The van der Waals surface area contributed by atoms with E-state index >= 15 is 0 Å². The molecule has 0 unspecified atom stereocenters. The number of anilines is 1. The summed E-state index contributed by atoms with van der Waals surface area (Å²) in [6.07, 6.45) is 0. The highest BCUT2D eigenvalue weighted by molar-refractivity contribution is 5.77. The molecule has 0 aliphatic carbocycles. The zero-order valence-electron chi connectivity index (χ0n) is 10.4. The molecule has 0 spiro atoms. The third-order valence-electron chi connectivity index (χ3n) is 2.55. The number of hydrogen-bond acceptors (Lipinski definition) is 8. The van der Waals surface area contributed by atoms with Gasteiger partial charge in [0.1, 0.15) is 5.52 Å². The molecule has 0 fully saturated rings. The SMILES string of the molecule is Cc1nc(CNc2nc3ccc([N+](=O)[O-])cc3o2)no1. The fraction of sp³-hybridized carbons (Fsp3) is 0.182. The van der Waals surface area contributed by atoms with Crippen molar-refractivity contribution >= 4 is 22.8 Å². The first-order valence-corrected chi connectivity index (χ1v) is 5.70. The van der Waals surface area contributed by atoms with Crippen LogP contribution in [0.3, 0.4) is 0 Å². The van der Waals surface area contributed by atoms with Gasteiger partial charge in [0.05, 0.1) is 17.5 Å². The molecule has 0 aliphatic heterocycles. The van der Waals surface area contributed by atoms with Crippen LogP contribution in [0.1, 0.15) is 11.7 Å². The molecule has 0 bridgehead atoms. The van der Waals surface area contributed by atoms with E-state index in [1.807, 2.05) is 0 Å². The number of nitrogens with zero attached hydrogens (tertiary/aromatic N) is 4. The number of nitro benzene ring substituents is 1. The lowest BCUT2D eigenvalue weighted by molar-refractivity contribution is -0.384. The fourth-order valence-electron chi connectivity index (χ4n) is 1.67. The normalized spacial score (nSPS) is 10.8. The Bertz CT molecular complexity index is 778. The number of aromatic nitrogens is 3. The van der Waals surface area contributed by atoms with Crippen LogP contribution in [0.2, 0.25) is 0 Å². The standard InChI is InChI=1S/C11H9N5O4/c1-6-13-10(15-20-6)5-12-11-14-8-3-2-7(16(17)18)4-9(8)19-11/h2-4H,5H2,1H3,(H,12,14). The van der Waals surface area contributed by atoms with E-state index in [2.05, 4.69) is 20.4 Å². The summed E-state index contributed by atoms with van der Waals surface area (Å²) in [6.45, 7) is 1.97. The smallest absolute Gasteiger partial charge is 0.296 e. The van der Waals surface area contributed by atoms with Crippen molar-refractivity contribution in [3.8, 4) is 0 Å². The third-order valence-corrected chi connectivity index (χ3v) is 2.55. The Morgan fingerprint density at radius 1 is 1.40 bits per heavy atom. The minimum absolute atomic E-state index is 0.0472. The van der Waals surface area contributed by atoms with Crippen LogP contribution in [0.25, 0.3) is 11.1 Å². The first-order chi connectivity index (χ1) is 9.61. The maximum absolute atomic E-state index is 10.7. The highest BCUT2D eigenvalue weighted by Crippen LogP contribution is 2.23. The van der Waals surface area contributed by atoms with E-state index in [0.717, 1.165) is 0 Å². The second-order valence-electron chi connectivity index (χ2n) is 4.01. The quantitative estimate of drug-likeness (QED) is 0.567. The van der Waals surface area contributed by atoms with Crippen LogP contribution in [0.4, 0.5) is 11.7 Å². The van der Waals surface area contributed by atoms with Gasteiger partial charge in [-0.25, -0.2) is 0 Å². The predicted molar refractivity (Wildman–Crippen MR) is 67.0 cm³/mol. The molecule has 0 amide bonds.